The summed E-state index contributed by atoms with van der Waals surface area (Å²) < 4.78 is 34.3. The summed E-state index contributed by atoms with van der Waals surface area (Å²) in [5.41, 5.74) is 0.808. The zero-order valence-corrected chi connectivity index (χ0v) is 19.9. The van der Waals surface area contributed by atoms with Crippen molar-refractivity contribution >= 4 is 0 Å². The fourth-order valence-electron chi connectivity index (χ4n) is 6.94. The molecule has 3 aliphatic rings. The fourth-order valence-corrected chi connectivity index (χ4v) is 6.94. The number of hydrogen-bond acceptors (Lipinski definition) is 1. The Kier molecular flexibility index (Phi) is 8.07. The third kappa shape index (κ3) is 5.46. The van der Waals surface area contributed by atoms with Crippen molar-refractivity contribution in [1.29, 1.82) is 0 Å². The number of rotatable bonds is 6. The van der Waals surface area contributed by atoms with Gasteiger partial charge in [-0.15, -0.1) is 0 Å². The zero-order chi connectivity index (χ0) is 22.5. The maximum atomic E-state index is 14.5. The van der Waals surface area contributed by atoms with E-state index in [2.05, 4.69) is 19.1 Å². The molecule has 0 saturated heterocycles. The van der Waals surface area contributed by atoms with Gasteiger partial charge in [0.2, 0.25) is 0 Å². The molecule has 1 unspecified atom stereocenters. The molecule has 4 rings (SSSR count). The van der Waals surface area contributed by atoms with Crippen LogP contribution in [0.15, 0.2) is 36.4 Å². The van der Waals surface area contributed by atoms with Gasteiger partial charge in [-0.2, -0.15) is 0 Å². The lowest BCUT2D eigenvalue weighted by Crippen LogP contribution is -2.34. The van der Waals surface area contributed by atoms with Crippen LogP contribution < -0.4 is 4.74 Å². The summed E-state index contributed by atoms with van der Waals surface area (Å²) in [6, 6.07) is 3.01. The number of hydrogen-bond donors (Lipinski definition) is 0. The van der Waals surface area contributed by atoms with Crippen LogP contribution in [0.1, 0.15) is 89.5 Å². The van der Waals surface area contributed by atoms with Crippen molar-refractivity contribution in [2.75, 3.05) is 6.61 Å². The summed E-state index contributed by atoms with van der Waals surface area (Å²) >= 11 is 0. The Morgan fingerprint density at radius 1 is 0.781 bits per heavy atom. The topological polar surface area (TPSA) is 9.23 Å². The van der Waals surface area contributed by atoms with Crippen LogP contribution in [0.4, 0.5) is 8.78 Å². The first kappa shape index (κ1) is 23.5. The molecule has 0 N–H and O–H groups in total. The summed E-state index contributed by atoms with van der Waals surface area (Å²) in [7, 11) is 0. The fraction of sp³-hybridized carbons (Fsp3) is 0.655. The molecule has 3 heteroatoms. The summed E-state index contributed by atoms with van der Waals surface area (Å²) in [5, 5.41) is 0. The molecule has 4 atom stereocenters. The summed E-state index contributed by atoms with van der Waals surface area (Å²) in [5.74, 6) is 3.24. The van der Waals surface area contributed by atoms with Crippen molar-refractivity contribution in [1.82, 2.24) is 0 Å². The Labute approximate surface area is 193 Å². The van der Waals surface area contributed by atoms with E-state index in [1.807, 2.05) is 13.0 Å². The minimum absolute atomic E-state index is 0.188. The van der Waals surface area contributed by atoms with Gasteiger partial charge in [-0.05, 0) is 131 Å². The third-order valence-corrected chi connectivity index (χ3v) is 8.65. The van der Waals surface area contributed by atoms with Crippen LogP contribution >= 0.6 is 0 Å². The van der Waals surface area contributed by atoms with E-state index in [9.17, 15) is 8.78 Å². The van der Waals surface area contributed by atoms with E-state index in [1.165, 1.54) is 63.5 Å². The van der Waals surface area contributed by atoms with Gasteiger partial charge in [0.15, 0.2) is 17.4 Å². The largest absolute Gasteiger partial charge is 0.483 e. The van der Waals surface area contributed by atoms with Gasteiger partial charge in [-0.3, -0.25) is 0 Å². The van der Waals surface area contributed by atoms with Gasteiger partial charge >= 0.3 is 0 Å². The van der Waals surface area contributed by atoms with Crippen LogP contribution in [-0.4, -0.2) is 6.61 Å². The van der Waals surface area contributed by atoms with Crippen LogP contribution in [-0.2, 0) is 0 Å². The minimum atomic E-state index is -0.571. The van der Waals surface area contributed by atoms with Crippen molar-refractivity contribution in [3.63, 3.8) is 0 Å². The molecule has 32 heavy (non-hydrogen) atoms. The molecular formula is C29H40F2O. The van der Waals surface area contributed by atoms with Crippen molar-refractivity contribution in [2.45, 2.75) is 84.0 Å². The highest BCUT2D eigenvalue weighted by atomic mass is 19.1. The van der Waals surface area contributed by atoms with Crippen molar-refractivity contribution in [2.24, 2.45) is 29.6 Å². The Morgan fingerprint density at radius 2 is 1.38 bits per heavy atom. The predicted octanol–water partition coefficient (Wildman–Crippen LogP) is 8.60. The maximum absolute atomic E-state index is 14.5. The molecule has 0 spiro atoms. The minimum Gasteiger partial charge on any atom is -0.483 e. The van der Waals surface area contributed by atoms with E-state index in [0.717, 1.165) is 48.0 Å². The number of ether oxygens (including phenoxy) is 1. The molecule has 0 heterocycles. The number of halogens is 2. The monoisotopic (exact) mass is 442 g/mol. The van der Waals surface area contributed by atoms with Gasteiger partial charge in [-0.25, -0.2) is 8.78 Å². The van der Waals surface area contributed by atoms with E-state index in [0.29, 0.717) is 0 Å². The average Bonchev–Trinajstić information content (AvgIpc) is 2.81. The molecular weight excluding hydrogens is 402 g/mol. The quantitative estimate of drug-likeness (QED) is 0.401. The van der Waals surface area contributed by atoms with Gasteiger partial charge in [0.05, 0.1) is 0 Å². The lowest BCUT2D eigenvalue weighted by molar-refractivity contribution is 0.0718. The lowest BCUT2D eigenvalue weighted by atomic mass is 9.61. The lowest BCUT2D eigenvalue weighted by Gasteiger charge is -2.45. The second-order valence-electron chi connectivity index (χ2n) is 10.5. The summed E-state index contributed by atoms with van der Waals surface area (Å²) in [6.07, 6.45) is 21.1. The normalized spacial score (nSPS) is 33.5. The third-order valence-electron chi connectivity index (χ3n) is 8.65. The van der Waals surface area contributed by atoms with Gasteiger partial charge in [0.1, 0.15) is 6.61 Å². The van der Waals surface area contributed by atoms with Crippen molar-refractivity contribution in [3.8, 4) is 5.75 Å². The molecule has 0 radical (unpaired) electrons. The first-order valence-corrected chi connectivity index (χ1v) is 12.9. The number of allylic oxidation sites excluding steroid dienone is 3. The van der Waals surface area contributed by atoms with E-state index in [1.54, 1.807) is 6.08 Å². The highest BCUT2D eigenvalue weighted by molar-refractivity contribution is 5.33. The van der Waals surface area contributed by atoms with Gasteiger partial charge in [0.25, 0.3) is 0 Å². The highest BCUT2D eigenvalue weighted by Crippen LogP contribution is 2.50. The second-order valence-corrected chi connectivity index (χ2v) is 10.5. The zero-order valence-electron chi connectivity index (χ0n) is 19.9. The van der Waals surface area contributed by atoms with Crippen LogP contribution in [0, 0.1) is 41.2 Å². The molecule has 3 fully saturated rings. The van der Waals surface area contributed by atoms with Crippen LogP contribution in [0.3, 0.4) is 0 Å². The van der Waals surface area contributed by atoms with E-state index in [-0.39, 0.29) is 18.3 Å². The standard InChI is InChI=1S/C29H40F2O/c1-3-5-15-32-29-27(30)18-26(19-28(29)31)22-11-9-21(10-12-22)24-14-13-23-16-20(6-4-2)7-8-25(23)17-24/h3-6,18-25H,7-17H2,1-2H3/b5-3+,6-4?/t20?,21?,22?,23-,24-,25-/m1/s1. The Morgan fingerprint density at radius 3 is 2.03 bits per heavy atom. The Balaban J connectivity index is 1.30. The van der Waals surface area contributed by atoms with Crippen LogP contribution in [0.5, 0.6) is 5.75 Å². The maximum Gasteiger partial charge on any atom is 0.191 e. The molecule has 3 aliphatic carbocycles. The van der Waals surface area contributed by atoms with E-state index in [4.69, 9.17) is 4.74 Å². The summed E-state index contributed by atoms with van der Waals surface area (Å²) in [4.78, 5) is 0. The van der Waals surface area contributed by atoms with Gasteiger partial charge in [-0.1, -0.05) is 24.3 Å². The predicted molar refractivity (Wildman–Crippen MR) is 128 cm³/mol. The van der Waals surface area contributed by atoms with E-state index < -0.39 is 11.6 Å². The van der Waals surface area contributed by atoms with Crippen LogP contribution in [0.2, 0.25) is 0 Å². The van der Waals surface area contributed by atoms with Crippen molar-refractivity contribution < 1.29 is 13.5 Å². The molecule has 1 aromatic carbocycles. The van der Waals surface area contributed by atoms with Crippen LogP contribution in [0.25, 0.3) is 0 Å². The van der Waals surface area contributed by atoms with Gasteiger partial charge in [0, 0.05) is 0 Å². The van der Waals surface area contributed by atoms with Gasteiger partial charge < -0.3 is 4.74 Å². The van der Waals surface area contributed by atoms with Crippen molar-refractivity contribution in [3.05, 3.63) is 53.6 Å². The molecule has 176 valence electrons. The molecule has 0 amide bonds. The Bertz CT molecular complexity index is 782. The second kappa shape index (κ2) is 11.0. The summed E-state index contributed by atoms with van der Waals surface area (Å²) in [6.45, 7) is 4.19. The molecule has 0 aromatic heterocycles. The number of fused-ring (bicyclic) bond motifs is 1. The van der Waals surface area contributed by atoms with E-state index >= 15 is 0 Å². The molecule has 0 bridgehead atoms. The first-order valence-electron chi connectivity index (χ1n) is 12.9. The molecule has 1 nitrogen and oxygen atoms in total. The highest BCUT2D eigenvalue weighted by Gasteiger charge is 2.38. The SMILES string of the molecule is CC=CC1CC[C@@H]2C[C@H](C3CCC(c4cc(F)c(OC/C=C/C)c(F)c4)CC3)CC[C@@H]2C1. The smallest absolute Gasteiger partial charge is 0.191 e. The number of benzene rings is 1. The molecule has 0 aliphatic heterocycles. The molecule has 3 saturated carbocycles. The first-order chi connectivity index (χ1) is 15.6. The Hall–Kier alpha value is -1.64. The molecule has 1 aromatic rings. The average molecular weight is 443 g/mol.